The van der Waals surface area contributed by atoms with Crippen LogP contribution >= 0.6 is 0 Å². The standard InChI is InChI=1S/C19H22FN3O5/c1-12-6-4-5-9-19(12)17(26)23(18(27)22-19)10-16(25)28-11-15(24)21-14-8-3-2-7-13(14)20/h2-3,7-8,12H,4-6,9-11H2,1H3,(H,21,24)(H,22,27)/t12-,19+/m1/s1. The van der Waals surface area contributed by atoms with E-state index in [9.17, 15) is 23.6 Å². The predicted octanol–water partition coefficient (Wildman–Crippen LogP) is 1.81. The number of rotatable bonds is 5. The molecule has 1 aromatic carbocycles. The molecule has 8 nitrogen and oxygen atoms in total. The maximum Gasteiger partial charge on any atom is 0.326 e. The summed E-state index contributed by atoms with van der Waals surface area (Å²) in [6, 6.07) is 4.94. The van der Waals surface area contributed by atoms with E-state index in [4.69, 9.17) is 4.74 Å². The molecule has 2 atom stereocenters. The van der Waals surface area contributed by atoms with Crippen molar-refractivity contribution in [1.82, 2.24) is 10.2 Å². The Morgan fingerprint density at radius 1 is 1.32 bits per heavy atom. The van der Waals surface area contributed by atoms with Crippen LogP contribution < -0.4 is 10.6 Å². The van der Waals surface area contributed by atoms with E-state index >= 15 is 0 Å². The number of hydrogen-bond donors (Lipinski definition) is 2. The van der Waals surface area contributed by atoms with Gasteiger partial charge >= 0.3 is 12.0 Å². The summed E-state index contributed by atoms with van der Waals surface area (Å²) in [7, 11) is 0. The first-order valence-corrected chi connectivity index (χ1v) is 9.17. The molecule has 1 heterocycles. The highest BCUT2D eigenvalue weighted by atomic mass is 19.1. The van der Waals surface area contributed by atoms with Crippen molar-refractivity contribution in [2.75, 3.05) is 18.5 Å². The van der Waals surface area contributed by atoms with Crippen molar-refractivity contribution in [2.24, 2.45) is 5.92 Å². The highest BCUT2D eigenvalue weighted by Crippen LogP contribution is 2.38. The summed E-state index contributed by atoms with van der Waals surface area (Å²) >= 11 is 0. The van der Waals surface area contributed by atoms with E-state index in [-0.39, 0.29) is 11.6 Å². The fourth-order valence-electron chi connectivity index (χ4n) is 3.71. The third-order valence-electron chi connectivity index (χ3n) is 5.30. The molecular formula is C19H22FN3O5. The predicted molar refractivity (Wildman–Crippen MR) is 96.6 cm³/mol. The Kier molecular flexibility index (Phi) is 5.62. The van der Waals surface area contributed by atoms with Crippen LogP contribution in [0.5, 0.6) is 0 Å². The zero-order valence-electron chi connectivity index (χ0n) is 15.5. The van der Waals surface area contributed by atoms with Crippen molar-refractivity contribution in [1.29, 1.82) is 0 Å². The van der Waals surface area contributed by atoms with Gasteiger partial charge in [0, 0.05) is 0 Å². The first-order chi connectivity index (χ1) is 13.3. The number of nitrogens with zero attached hydrogens (tertiary/aromatic N) is 1. The zero-order valence-corrected chi connectivity index (χ0v) is 15.5. The lowest BCUT2D eigenvalue weighted by atomic mass is 9.73. The lowest BCUT2D eigenvalue weighted by Gasteiger charge is -2.36. The van der Waals surface area contributed by atoms with Crippen LogP contribution in [0.1, 0.15) is 32.6 Å². The Balaban J connectivity index is 1.53. The molecule has 4 amide bonds. The number of hydrogen-bond acceptors (Lipinski definition) is 5. The molecule has 0 radical (unpaired) electrons. The van der Waals surface area contributed by atoms with Crippen LogP contribution in [-0.4, -0.2) is 47.4 Å². The molecule has 1 saturated carbocycles. The molecule has 1 aromatic rings. The van der Waals surface area contributed by atoms with E-state index in [1.165, 1.54) is 18.2 Å². The molecule has 150 valence electrons. The van der Waals surface area contributed by atoms with Gasteiger partial charge in [0.2, 0.25) is 0 Å². The summed E-state index contributed by atoms with van der Waals surface area (Å²) in [5, 5.41) is 5.01. The van der Waals surface area contributed by atoms with Crippen LogP contribution in [0.4, 0.5) is 14.9 Å². The van der Waals surface area contributed by atoms with Gasteiger partial charge in [-0.25, -0.2) is 9.18 Å². The molecule has 0 unspecified atom stereocenters. The molecule has 1 aliphatic carbocycles. The third kappa shape index (κ3) is 3.83. The number of para-hydroxylation sites is 1. The number of nitrogens with one attached hydrogen (secondary N) is 2. The van der Waals surface area contributed by atoms with Gasteiger partial charge in [-0.05, 0) is 30.9 Å². The molecule has 0 aromatic heterocycles. The van der Waals surface area contributed by atoms with E-state index in [0.29, 0.717) is 6.42 Å². The maximum atomic E-state index is 13.5. The van der Waals surface area contributed by atoms with E-state index in [0.717, 1.165) is 24.2 Å². The number of ether oxygens (including phenoxy) is 1. The third-order valence-corrected chi connectivity index (χ3v) is 5.30. The van der Waals surface area contributed by atoms with Gasteiger partial charge in [0.15, 0.2) is 6.61 Å². The minimum absolute atomic E-state index is 0.0229. The van der Waals surface area contributed by atoms with E-state index in [1.54, 1.807) is 6.07 Å². The molecule has 2 aliphatic rings. The number of halogens is 1. The van der Waals surface area contributed by atoms with E-state index in [2.05, 4.69) is 10.6 Å². The second-order valence-corrected chi connectivity index (χ2v) is 7.13. The van der Waals surface area contributed by atoms with Gasteiger partial charge in [-0.15, -0.1) is 0 Å². The summed E-state index contributed by atoms with van der Waals surface area (Å²) in [6.07, 6.45) is 3.17. The van der Waals surface area contributed by atoms with Crippen LogP contribution in [0.3, 0.4) is 0 Å². The van der Waals surface area contributed by atoms with Gasteiger partial charge in [0.25, 0.3) is 11.8 Å². The highest BCUT2D eigenvalue weighted by Gasteiger charge is 2.55. The molecule has 1 spiro atoms. The molecule has 1 aliphatic heterocycles. The second-order valence-electron chi connectivity index (χ2n) is 7.13. The average molecular weight is 391 g/mol. The first-order valence-electron chi connectivity index (χ1n) is 9.17. The van der Waals surface area contributed by atoms with Gasteiger partial charge in [0.05, 0.1) is 5.69 Å². The molecule has 2 fully saturated rings. The zero-order chi connectivity index (χ0) is 20.3. The topological polar surface area (TPSA) is 105 Å². The monoisotopic (exact) mass is 391 g/mol. The Morgan fingerprint density at radius 2 is 2.07 bits per heavy atom. The lowest BCUT2D eigenvalue weighted by Crippen LogP contribution is -2.54. The minimum atomic E-state index is -0.960. The second kappa shape index (κ2) is 7.95. The van der Waals surface area contributed by atoms with Gasteiger partial charge in [-0.3, -0.25) is 19.3 Å². The molecule has 2 N–H and O–H groups in total. The largest absolute Gasteiger partial charge is 0.454 e. The molecular weight excluding hydrogens is 369 g/mol. The van der Waals surface area contributed by atoms with Gasteiger partial charge in [-0.1, -0.05) is 31.9 Å². The number of carbonyl (C=O) groups excluding carboxylic acids is 4. The maximum absolute atomic E-state index is 13.5. The van der Waals surface area contributed by atoms with Gasteiger partial charge in [0.1, 0.15) is 17.9 Å². The Labute approximate surface area is 161 Å². The van der Waals surface area contributed by atoms with Crippen molar-refractivity contribution in [3.63, 3.8) is 0 Å². The van der Waals surface area contributed by atoms with Crippen molar-refractivity contribution in [2.45, 2.75) is 38.1 Å². The number of anilines is 1. The molecule has 28 heavy (non-hydrogen) atoms. The smallest absolute Gasteiger partial charge is 0.326 e. The summed E-state index contributed by atoms with van der Waals surface area (Å²) in [5.74, 6) is -2.70. The quantitative estimate of drug-likeness (QED) is 0.588. The fraction of sp³-hybridized carbons (Fsp3) is 0.474. The molecule has 0 bridgehead atoms. The number of esters is 1. The number of imide groups is 1. The summed E-state index contributed by atoms with van der Waals surface area (Å²) in [6.45, 7) is 0.677. The normalized spacial score (nSPS) is 24.2. The molecule has 1 saturated heterocycles. The minimum Gasteiger partial charge on any atom is -0.454 e. The Hall–Kier alpha value is -2.97. The summed E-state index contributed by atoms with van der Waals surface area (Å²) < 4.78 is 18.3. The van der Waals surface area contributed by atoms with E-state index < -0.39 is 48.3 Å². The van der Waals surface area contributed by atoms with Crippen molar-refractivity contribution in [3.05, 3.63) is 30.1 Å². The number of urea groups is 1. The van der Waals surface area contributed by atoms with Crippen molar-refractivity contribution < 1.29 is 28.3 Å². The van der Waals surface area contributed by atoms with Crippen molar-refractivity contribution in [3.8, 4) is 0 Å². The van der Waals surface area contributed by atoms with Gasteiger partial charge < -0.3 is 15.4 Å². The van der Waals surface area contributed by atoms with Crippen LogP contribution in [0.2, 0.25) is 0 Å². The average Bonchev–Trinajstić information content (AvgIpc) is 2.89. The first kappa shape index (κ1) is 19.8. The highest BCUT2D eigenvalue weighted by molar-refractivity contribution is 6.09. The van der Waals surface area contributed by atoms with Crippen LogP contribution in [0, 0.1) is 11.7 Å². The Bertz CT molecular complexity index is 815. The number of benzene rings is 1. The Morgan fingerprint density at radius 3 is 2.79 bits per heavy atom. The van der Waals surface area contributed by atoms with Gasteiger partial charge in [-0.2, -0.15) is 0 Å². The van der Waals surface area contributed by atoms with Crippen LogP contribution in [0.25, 0.3) is 0 Å². The molecule has 3 rings (SSSR count). The lowest BCUT2D eigenvalue weighted by molar-refractivity contribution is -0.150. The molecule has 9 heteroatoms. The summed E-state index contributed by atoms with van der Waals surface area (Å²) in [4.78, 5) is 49.6. The number of amides is 4. The number of carbonyl (C=O) groups is 4. The fourth-order valence-corrected chi connectivity index (χ4v) is 3.71. The van der Waals surface area contributed by atoms with Crippen molar-refractivity contribution >= 4 is 29.5 Å². The summed E-state index contributed by atoms with van der Waals surface area (Å²) in [5.41, 5.74) is -0.997. The SMILES string of the molecule is C[C@@H]1CCCC[C@]12NC(=O)N(CC(=O)OCC(=O)Nc1ccccc1F)C2=O. The van der Waals surface area contributed by atoms with Crippen LogP contribution in [-0.2, 0) is 19.1 Å². The van der Waals surface area contributed by atoms with E-state index in [1.807, 2.05) is 6.92 Å². The van der Waals surface area contributed by atoms with Crippen LogP contribution in [0.15, 0.2) is 24.3 Å².